The van der Waals surface area contributed by atoms with Crippen molar-refractivity contribution in [2.24, 2.45) is 17.8 Å². The van der Waals surface area contributed by atoms with Crippen LogP contribution in [0.15, 0.2) is 30.6 Å². The molecule has 32 heavy (non-hydrogen) atoms. The van der Waals surface area contributed by atoms with Crippen molar-refractivity contribution < 1.29 is 17.9 Å². The fourth-order valence-electron chi connectivity index (χ4n) is 5.52. The van der Waals surface area contributed by atoms with E-state index in [1.807, 2.05) is 0 Å². The van der Waals surface area contributed by atoms with Crippen LogP contribution in [0, 0.1) is 17.8 Å². The molecule has 2 aromatic rings. The van der Waals surface area contributed by atoms with E-state index in [1.54, 1.807) is 18.3 Å². The van der Waals surface area contributed by atoms with Crippen molar-refractivity contribution in [2.75, 3.05) is 38.2 Å². The van der Waals surface area contributed by atoms with E-state index in [0.717, 1.165) is 64.6 Å². The summed E-state index contributed by atoms with van der Waals surface area (Å²) in [5.41, 5.74) is -0.0929. The fourth-order valence-corrected chi connectivity index (χ4v) is 5.52. The van der Waals surface area contributed by atoms with Gasteiger partial charge in [0.2, 0.25) is 0 Å². The monoisotopic (exact) mass is 447 g/mol. The minimum absolute atomic E-state index is 0.00475. The average molecular weight is 448 g/mol. The Morgan fingerprint density at radius 1 is 1.09 bits per heavy atom. The van der Waals surface area contributed by atoms with Gasteiger partial charge in [-0.1, -0.05) is 0 Å². The molecule has 172 valence electrons. The maximum absolute atomic E-state index is 13.8. The molecule has 1 aliphatic carbocycles. The number of alkyl halides is 3. The maximum atomic E-state index is 13.8. The molecule has 0 bridgehead atoms. The Bertz CT molecular complexity index is 906. The Labute approximate surface area is 185 Å². The number of hydrogen-bond donors (Lipinski definition) is 1. The van der Waals surface area contributed by atoms with Crippen LogP contribution in [0.3, 0.4) is 0 Å². The van der Waals surface area contributed by atoms with Gasteiger partial charge in [0.05, 0.1) is 5.69 Å². The van der Waals surface area contributed by atoms with Gasteiger partial charge in [0.15, 0.2) is 5.82 Å². The lowest BCUT2D eigenvalue weighted by atomic mass is 10.00. The molecule has 0 amide bonds. The Kier molecular flexibility index (Phi) is 6.03. The molecule has 1 unspecified atom stereocenters. The van der Waals surface area contributed by atoms with Crippen molar-refractivity contribution in [3.05, 3.63) is 36.2 Å². The summed E-state index contributed by atoms with van der Waals surface area (Å²) in [7, 11) is 0. The van der Waals surface area contributed by atoms with E-state index in [1.165, 1.54) is 6.20 Å². The van der Waals surface area contributed by atoms with Gasteiger partial charge in [-0.25, -0.2) is 0 Å². The summed E-state index contributed by atoms with van der Waals surface area (Å²) < 4.78 is 46.8. The van der Waals surface area contributed by atoms with E-state index in [2.05, 4.69) is 25.4 Å². The number of anilines is 1. The van der Waals surface area contributed by atoms with Crippen LogP contribution in [0.25, 0.3) is 11.3 Å². The Morgan fingerprint density at radius 3 is 2.50 bits per heavy atom. The number of nitrogens with one attached hydrogen (secondary N) is 1. The third-order valence-electron chi connectivity index (χ3n) is 7.08. The summed E-state index contributed by atoms with van der Waals surface area (Å²) in [4.78, 5) is 6.51. The largest absolute Gasteiger partial charge is 0.420 e. The van der Waals surface area contributed by atoms with Crippen molar-refractivity contribution in [1.29, 1.82) is 0 Å². The van der Waals surface area contributed by atoms with Crippen LogP contribution in [0.1, 0.15) is 31.2 Å². The number of likely N-dealkylation sites (tertiary alicyclic amines) is 1. The Balaban J connectivity index is 1.23. The molecule has 2 aromatic heterocycles. The second kappa shape index (κ2) is 8.94. The molecule has 3 atom stereocenters. The molecule has 0 aromatic carbocycles. The van der Waals surface area contributed by atoms with E-state index in [-0.39, 0.29) is 17.6 Å². The molecule has 1 N–H and O–H groups in total. The smallest absolute Gasteiger partial charge is 0.381 e. The van der Waals surface area contributed by atoms with Crippen LogP contribution >= 0.6 is 0 Å². The van der Waals surface area contributed by atoms with Crippen LogP contribution in [-0.4, -0.2) is 59.0 Å². The number of pyridine rings is 1. The average Bonchev–Trinajstić information content (AvgIpc) is 3.32. The lowest BCUT2D eigenvalue weighted by molar-refractivity contribution is -0.137. The van der Waals surface area contributed by atoms with E-state index in [4.69, 9.17) is 4.74 Å². The molecule has 3 aliphatic rings. The summed E-state index contributed by atoms with van der Waals surface area (Å²) in [6, 6.07) is 4.40. The lowest BCUT2D eigenvalue weighted by Gasteiger charge is -2.28. The standard InChI is InChI=1S/C23H28F3N5O/c24-23(25,26)20-10-21(16-2-1-5-27-11-16)29-30-22(20)28-19-8-17-13-31(14-18(17)9-19)12-15-3-6-32-7-4-15/h1-2,5,10-11,15,17-19H,3-4,6-9,12-14H2,(H,28,30)/t17-,18+,19?. The molecule has 0 spiro atoms. The van der Waals surface area contributed by atoms with Gasteiger partial charge in [-0.05, 0) is 61.6 Å². The fraction of sp³-hybridized carbons (Fsp3) is 0.609. The lowest BCUT2D eigenvalue weighted by Crippen LogP contribution is -2.32. The number of hydrogen-bond acceptors (Lipinski definition) is 6. The van der Waals surface area contributed by atoms with Gasteiger partial charge in [-0.3, -0.25) is 4.98 Å². The van der Waals surface area contributed by atoms with Gasteiger partial charge < -0.3 is 15.0 Å². The summed E-state index contributed by atoms with van der Waals surface area (Å²) in [6.07, 6.45) is 2.55. The van der Waals surface area contributed by atoms with Gasteiger partial charge in [0.1, 0.15) is 5.56 Å². The molecular formula is C23H28F3N5O. The predicted molar refractivity (Wildman–Crippen MR) is 114 cm³/mol. The highest BCUT2D eigenvalue weighted by Gasteiger charge is 2.42. The molecule has 0 radical (unpaired) electrons. The van der Waals surface area contributed by atoms with Crippen LogP contribution in [0.2, 0.25) is 0 Å². The Hall–Kier alpha value is -2.26. The quantitative estimate of drug-likeness (QED) is 0.745. The molecule has 4 heterocycles. The Morgan fingerprint density at radius 2 is 1.84 bits per heavy atom. The maximum Gasteiger partial charge on any atom is 0.420 e. The first-order valence-corrected chi connectivity index (χ1v) is 11.4. The van der Waals surface area contributed by atoms with Crippen molar-refractivity contribution in [1.82, 2.24) is 20.1 Å². The van der Waals surface area contributed by atoms with Crippen LogP contribution in [-0.2, 0) is 10.9 Å². The highest BCUT2D eigenvalue weighted by atomic mass is 19.4. The van der Waals surface area contributed by atoms with Crippen LogP contribution in [0.4, 0.5) is 19.0 Å². The zero-order chi connectivity index (χ0) is 22.1. The topological polar surface area (TPSA) is 63.2 Å². The second-order valence-electron chi connectivity index (χ2n) is 9.34. The molecule has 9 heteroatoms. The van der Waals surface area contributed by atoms with E-state index < -0.39 is 11.7 Å². The summed E-state index contributed by atoms with van der Waals surface area (Å²) in [5, 5.41) is 11.1. The van der Waals surface area contributed by atoms with Gasteiger partial charge in [-0.15, -0.1) is 10.2 Å². The van der Waals surface area contributed by atoms with E-state index >= 15 is 0 Å². The number of fused-ring (bicyclic) bond motifs is 1. The second-order valence-corrected chi connectivity index (χ2v) is 9.34. The molecule has 5 rings (SSSR count). The highest BCUT2D eigenvalue weighted by Crippen LogP contribution is 2.41. The minimum atomic E-state index is -4.51. The zero-order valence-electron chi connectivity index (χ0n) is 17.9. The molecule has 3 fully saturated rings. The van der Waals surface area contributed by atoms with Crippen LogP contribution in [0.5, 0.6) is 0 Å². The normalized spacial score (nSPS) is 26.9. The summed E-state index contributed by atoms with van der Waals surface area (Å²) in [5.74, 6) is 1.60. The van der Waals surface area contributed by atoms with Crippen molar-refractivity contribution in [2.45, 2.75) is 37.9 Å². The van der Waals surface area contributed by atoms with Crippen molar-refractivity contribution in [3.8, 4) is 11.3 Å². The summed E-state index contributed by atoms with van der Waals surface area (Å²) >= 11 is 0. The number of halogens is 3. The first-order chi connectivity index (χ1) is 15.5. The molecule has 6 nitrogen and oxygen atoms in total. The highest BCUT2D eigenvalue weighted by molar-refractivity contribution is 5.61. The van der Waals surface area contributed by atoms with E-state index in [0.29, 0.717) is 23.3 Å². The van der Waals surface area contributed by atoms with Crippen molar-refractivity contribution >= 4 is 5.82 Å². The minimum Gasteiger partial charge on any atom is -0.381 e. The first kappa shape index (κ1) is 21.6. The van der Waals surface area contributed by atoms with Crippen LogP contribution < -0.4 is 5.32 Å². The van der Waals surface area contributed by atoms with Gasteiger partial charge in [0, 0.05) is 56.8 Å². The molecule has 2 saturated heterocycles. The van der Waals surface area contributed by atoms with Gasteiger partial charge in [0.25, 0.3) is 0 Å². The first-order valence-electron chi connectivity index (χ1n) is 11.4. The number of rotatable bonds is 5. The summed E-state index contributed by atoms with van der Waals surface area (Å²) in [6.45, 7) is 4.92. The third kappa shape index (κ3) is 4.73. The van der Waals surface area contributed by atoms with Gasteiger partial charge >= 0.3 is 6.18 Å². The molecule has 1 saturated carbocycles. The third-order valence-corrected chi connectivity index (χ3v) is 7.08. The molecular weight excluding hydrogens is 419 g/mol. The zero-order valence-corrected chi connectivity index (χ0v) is 17.9. The van der Waals surface area contributed by atoms with Crippen molar-refractivity contribution in [3.63, 3.8) is 0 Å². The number of nitrogens with zero attached hydrogens (tertiary/aromatic N) is 4. The number of aromatic nitrogens is 3. The van der Waals surface area contributed by atoms with E-state index in [9.17, 15) is 13.2 Å². The number of ether oxygens (including phenoxy) is 1. The van der Waals surface area contributed by atoms with Gasteiger partial charge in [-0.2, -0.15) is 13.2 Å². The SMILES string of the molecule is FC(F)(F)c1cc(-c2cccnc2)nnc1NC1C[C@@H]2CN(CC3CCOCC3)C[C@@H]2C1. The molecule has 2 aliphatic heterocycles. The predicted octanol–water partition coefficient (Wildman–Crippen LogP) is 4.11.